The van der Waals surface area contributed by atoms with E-state index in [-0.39, 0.29) is 18.0 Å². The number of halogens is 1. The topological polar surface area (TPSA) is 98.7 Å². The van der Waals surface area contributed by atoms with Crippen molar-refractivity contribution < 1.29 is 14.0 Å². The number of rotatable bonds is 8. The first kappa shape index (κ1) is 25.9. The molecule has 0 bridgehead atoms. The second kappa shape index (κ2) is 10.9. The average molecular weight is 519 g/mol. The molecule has 200 valence electrons. The summed E-state index contributed by atoms with van der Waals surface area (Å²) >= 11 is 0. The summed E-state index contributed by atoms with van der Waals surface area (Å²) in [6, 6.07) is 8.11. The predicted octanol–water partition coefficient (Wildman–Crippen LogP) is 4.56. The summed E-state index contributed by atoms with van der Waals surface area (Å²) in [7, 11) is 0. The highest BCUT2D eigenvalue weighted by molar-refractivity contribution is 6.25. The van der Waals surface area contributed by atoms with Gasteiger partial charge in [-0.1, -0.05) is 0 Å². The summed E-state index contributed by atoms with van der Waals surface area (Å²) in [6.07, 6.45) is 9.15. The van der Waals surface area contributed by atoms with E-state index in [0.29, 0.717) is 17.0 Å². The minimum Gasteiger partial charge on any atom is -0.371 e. The van der Waals surface area contributed by atoms with Crippen LogP contribution in [-0.4, -0.2) is 54.2 Å². The van der Waals surface area contributed by atoms with E-state index in [4.69, 9.17) is 0 Å². The Morgan fingerprint density at radius 1 is 1.11 bits per heavy atom. The van der Waals surface area contributed by atoms with Crippen molar-refractivity contribution in [2.24, 2.45) is 10.9 Å². The van der Waals surface area contributed by atoms with Gasteiger partial charge in [0.05, 0.1) is 29.5 Å². The highest BCUT2D eigenvalue weighted by Crippen LogP contribution is 2.29. The molecule has 9 heteroatoms. The van der Waals surface area contributed by atoms with Crippen LogP contribution < -0.4 is 20.9 Å². The van der Waals surface area contributed by atoms with E-state index in [9.17, 15) is 14.0 Å². The Kier molecular flexibility index (Phi) is 7.44. The quantitative estimate of drug-likeness (QED) is 0.476. The van der Waals surface area contributed by atoms with Crippen LogP contribution in [0.2, 0.25) is 0 Å². The predicted molar refractivity (Wildman–Crippen MR) is 148 cm³/mol. The number of nitrogens with zero attached hydrogens (tertiary/aromatic N) is 3. The number of dihydropyridines is 1. The zero-order chi connectivity index (χ0) is 26.7. The van der Waals surface area contributed by atoms with Gasteiger partial charge in [-0.3, -0.25) is 14.6 Å². The summed E-state index contributed by atoms with van der Waals surface area (Å²) in [6.45, 7) is 6.48. The van der Waals surface area contributed by atoms with Crippen LogP contribution in [0, 0.1) is 11.7 Å². The molecule has 1 unspecified atom stereocenters. The number of carbonyl (C=O) groups is 2. The van der Waals surface area contributed by atoms with Gasteiger partial charge in [0.25, 0.3) is 11.8 Å². The van der Waals surface area contributed by atoms with Crippen LogP contribution in [-0.2, 0) is 4.79 Å². The van der Waals surface area contributed by atoms with Gasteiger partial charge in [0.2, 0.25) is 0 Å². The lowest BCUT2D eigenvalue weighted by Crippen LogP contribution is -2.49. The maximum Gasteiger partial charge on any atom is 0.257 e. The fourth-order valence-electron chi connectivity index (χ4n) is 4.86. The van der Waals surface area contributed by atoms with Crippen molar-refractivity contribution in [3.05, 3.63) is 59.6 Å². The molecule has 8 nitrogen and oxygen atoms in total. The van der Waals surface area contributed by atoms with Crippen molar-refractivity contribution in [2.75, 3.05) is 41.7 Å². The maximum absolute atomic E-state index is 14.4. The molecule has 38 heavy (non-hydrogen) atoms. The summed E-state index contributed by atoms with van der Waals surface area (Å²) in [5, 5.41) is 9.14. The van der Waals surface area contributed by atoms with Crippen molar-refractivity contribution in [3.63, 3.8) is 0 Å². The Morgan fingerprint density at radius 3 is 2.61 bits per heavy atom. The van der Waals surface area contributed by atoms with E-state index in [0.717, 1.165) is 49.9 Å². The van der Waals surface area contributed by atoms with Gasteiger partial charge in [0.1, 0.15) is 11.6 Å². The standard InChI is InChI=1S/C29H35FN6O2/c1-19-25(28(38)34-23-8-9-26(32-17-23)31-16-20-6-7-20)15-29(2,18-33-19)35-27(37)21-12-22(30)14-24(13-21)36-10-4-3-5-11-36/h8-9,12-15,17,20H,3-7,10-11,16,18H2,1-2H3,(H,31,32)(H,34,38)(H,35,37). The average Bonchev–Trinajstić information content (AvgIpc) is 3.74. The molecule has 1 aromatic carbocycles. The first-order chi connectivity index (χ1) is 18.3. The van der Waals surface area contributed by atoms with E-state index in [2.05, 4.69) is 30.8 Å². The lowest BCUT2D eigenvalue weighted by atomic mass is 9.92. The normalized spacial score (nSPS) is 21.3. The van der Waals surface area contributed by atoms with E-state index < -0.39 is 17.3 Å². The molecule has 1 atom stereocenters. The molecule has 3 N–H and O–H groups in total. The van der Waals surface area contributed by atoms with Gasteiger partial charge < -0.3 is 20.9 Å². The molecule has 1 aromatic heterocycles. The monoisotopic (exact) mass is 518 g/mol. The number of carbonyl (C=O) groups excluding carboxylic acids is 2. The van der Waals surface area contributed by atoms with Gasteiger partial charge in [0, 0.05) is 36.6 Å². The van der Waals surface area contributed by atoms with Gasteiger partial charge >= 0.3 is 0 Å². The summed E-state index contributed by atoms with van der Waals surface area (Å²) in [5.41, 5.74) is 1.60. The minimum atomic E-state index is -0.907. The van der Waals surface area contributed by atoms with Gasteiger partial charge in [-0.2, -0.15) is 0 Å². The lowest BCUT2D eigenvalue weighted by Gasteiger charge is -2.31. The Hall–Kier alpha value is -3.75. The highest BCUT2D eigenvalue weighted by Gasteiger charge is 2.31. The zero-order valence-corrected chi connectivity index (χ0v) is 22.0. The van der Waals surface area contributed by atoms with Crippen LogP contribution >= 0.6 is 0 Å². The number of benzene rings is 1. The number of hydrogen-bond acceptors (Lipinski definition) is 6. The van der Waals surface area contributed by atoms with Crippen LogP contribution in [0.3, 0.4) is 0 Å². The van der Waals surface area contributed by atoms with Crippen molar-refractivity contribution in [3.8, 4) is 0 Å². The third-order valence-electron chi connectivity index (χ3n) is 7.30. The third-order valence-corrected chi connectivity index (χ3v) is 7.30. The van der Waals surface area contributed by atoms with Crippen LogP contribution in [0.1, 0.15) is 56.3 Å². The van der Waals surface area contributed by atoms with Crippen LogP contribution in [0.4, 0.5) is 21.6 Å². The Labute approximate surface area is 222 Å². The van der Waals surface area contributed by atoms with E-state index in [1.165, 1.54) is 31.4 Å². The number of piperidine rings is 1. The van der Waals surface area contributed by atoms with Crippen molar-refractivity contribution >= 4 is 34.7 Å². The highest BCUT2D eigenvalue weighted by atomic mass is 19.1. The fourth-order valence-corrected chi connectivity index (χ4v) is 4.86. The first-order valence-electron chi connectivity index (χ1n) is 13.4. The molecule has 1 saturated carbocycles. The van der Waals surface area contributed by atoms with Crippen molar-refractivity contribution in [1.82, 2.24) is 10.3 Å². The smallest absolute Gasteiger partial charge is 0.257 e. The fraction of sp³-hybridized carbons (Fsp3) is 0.448. The summed E-state index contributed by atoms with van der Waals surface area (Å²) in [4.78, 5) is 37.3. The molecule has 2 aromatic rings. The zero-order valence-electron chi connectivity index (χ0n) is 22.0. The number of pyridine rings is 1. The molecular formula is C29H35FN6O2. The molecule has 1 saturated heterocycles. The second-order valence-corrected chi connectivity index (χ2v) is 10.8. The maximum atomic E-state index is 14.4. The Bertz CT molecular complexity index is 1260. The number of amides is 2. The van der Waals surface area contributed by atoms with Crippen LogP contribution in [0.25, 0.3) is 0 Å². The molecule has 3 aliphatic rings. The van der Waals surface area contributed by atoms with Crippen molar-refractivity contribution in [2.45, 2.75) is 51.5 Å². The minimum absolute atomic E-state index is 0.249. The Balaban J connectivity index is 1.26. The molecular weight excluding hydrogens is 483 g/mol. The van der Waals surface area contributed by atoms with Gasteiger partial charge in [-0.25, -0.2) is 9.37 Å². The molecule has 0 spiro atoms. The first-order valence-corrected chi connectivity index (χ1v) is 13.4. The van der Waals surface area contributed by atoms with Crippen LogP contribution in [0.15, 0.2) is 53.2 Å². The molecule has 1 aliphatic carbocycles. The molecule has 3 heterocycles. The SMILES string of the molecule is CC1=NCC(C)(NC(=O)c2cc(F)cc(N3CCCCC3)c2)C=C1C(=O)Nc1ccc(NCC2CC2)nc1. The Morgan fingerprint density at radius 2 is 1.89 bits per heavy atom. The number of aromatic nitrogens is 1. The van der Waals surface area contributed by atoms with Crippen molar-refractivity contribution in [1.29, 1.82) is 0 Å². The third kappa shape index (κ3) is 6.38. The number of nitrogens with one attached hydrogen (secondary N) is 3. The molecule has 2 aliphatic heterocycles. The second-order valence-electron chi connectivity index (χ2n) is 10.8. The summed E-state index contributed by atoms with van der Waals surface area (Å²) < 4.78 is 14.4. The number of anilines is 3. The van der Waals surface area contributed by atoms with Gasteiger partial charge in [-0.05, 0) is 88.3 Å². The van der Waals surface area contributed by atoms with E-state index >= 15 is 0 Å². The molecule has 0 radical (unpaired) electrons. The van der Waals surface area contributed by atoms with Gasteiger partial charge in [0.15, 0.2) is 0 Å². The molecule has 2 amide bonds. The number of aliphatic imine (C=N–C) groups is 1. The van der Waals surface area contributed by atoms with Crippen LogP contribution in [0.5, 0.6) is 0 Å². The van der Waals surface area contributed by atoms with E-state index in [1.807, 2.05) is 6.07 Å². The molecule has 5 rings (SSSR count). The van der Waals surface area contributed by atoms with Gasteiger partial charge in [-0.15, -0.1) is 0 Å². The number of hydrogen-bond donors (Lipinski definition) is 3. The van der Waals surface area contributed by atoms with E-state index in [1.54, 1.807) is 38.3 Å². The summed E-state index contributed by atoms with van der Waals surface area (Å²) in [5.74, 6) is 0.336. The molecule has 2 fully saturated rings. The lowest BCUT2D eigenvalue weighted by molar-refractivity contribution is -0.112. The largest absolute Gasteiger partial charge is 0.371 e.